The number of carboxylic acid groups (broad SMARTS) is 1. The molecule has 0 aromatic heterocycles. The molecule has 1 saturated heterocycles. The van der Waals surface area contributed by atoms with Crippen LogP contribution in [0.4, 0.5) is 4.39 Å². The highest BCUT2D eigenvalue weighted by Gasteiger charge is 2.40. The average molecular weight is 307 g/mol. The van der Waals surface area contributed by atoms with Gasteiger partial charge in [0.15, 0.2) is 0 Å². The van der Waals surface area contributed by atoms with Gasteiger partial charge in [-0.1, -0.05) is 0 Å². The molecule has 1 amide bonds. The Morgan fingerprint density at radius 1 is 1.32 bits per heavy atom. The summed E-state index contributed by atoms with van der Waals surface area (Å²) >= 11 is 0. The van der Waals surface area contributed by atoms with Gasteiger partial charge in [0, 0.05) is 18.7 Å². The molecule has 0 spiro atoms. The van der Waals surface area contributed by atoms with Crippen molar-refractivity contribution in [3.05, 3.63) is 35.1 Å². The van der Waals surface area contributed by atoms with E-state index in [9.17, 15) is 19.1 Å². The normalized spacial score (nSPS) is 19.1. The molecule has 0 radical (unpaired) electrons. The molecule has 0 saturated carbocycles. The zero-order valence-electron chi connectivity index (χ0n) is 13.2. The number of likely N-dealkylation sites (tertiary alicyclic amines) is 1. The van der Waals surface area contributed by atoms with E-state index in [2.05, 4.69) is 0 Å². The van der Waals surface area contributed by atoms with Crippen molar-refractivity contribution in [2.75, 3.05) is 13.1 Å². The number of nitrogens with zero attached hydrogens (tertiary/aromatic N) is 1. The van der Waals surface area contributed by atoms with Gasteiger partial charge in [0.2, 0.25) is 0 Å². The van der Waals surface area contributed by atoms with Gasteiger partial charge in [-0.25, -0.2) is 4.39 Å². The molecule has 1 unspecified atom stereocenters. The second-order valence-electron chi connectivity index (χ2n) is 6.63. The van der Waals surface area contributed by atoms with Gasteiger partial charge in [0.05, 0.1) is 5.41 Å². The number of piperidine rings is 1. The molecule has 22 heavy (non-hydrogen) atoms. The predicted molar refractivity (Wildman–Crippen MR) is 81.2 cm³/mol. The minimum absolute atomic E-state index is 0.0997. The molecule has 0 aliphatic carbocycles. The van der Waals surface area contributed by atoms with E-state index < -0.39 is 17.2 Å². The summed E-state index contributed by atoms with van der Waals surface area (Å²) in [5, 5.41) is 9.36. The van der Waals surface area contributed by atoms with Crippen LogP contribution in [-0.2, 0) is 4.79 Å². The summed E-state index contributed by atoms with van der Waals surface area (Å²) in [5.41, 5.74) is 0.144. The molecule has 1 aromatic carbocycles. The number of halogens is 1. The Kier molecular flexibility index (Phi) is 4.54. The third kappa shape index (κ3) is 3.29. The smallest absolute Gasteiger partial charge is 0.309 e. The molecule has 1 fully saturated rings. The maximum Gasteiger partial charge on any atom is 0.309 e. The summed E-state index contributed by atoms with van der Waals surface area (Å²) in [7, 11) is 0. The second-order valence-corrected chi connectivity index (χ2v) is 6.63. The van der Waals surface area contributed by atoms with Gasteiger partial charge in [-0.05, 0) is 63.3 Å². The molecule has 5 heteroatoms. The van der Waals surface area contributed by atoms with Crippen LogP contribution in [0.5, 0.6) is 0 Å². The summed E-state index contributed by atoms with van der Waals surface area (Å²) in [5.74, 6) is -1.61. The van der Waals surface area contributed by atoms with Gasteiger partial charge in [0.25, 0.3) is 5.91 Å². The molecule has 1 heterocycles. The number of hydrogen-bond donors (Lipinski definition) is 1. The van der Waals surface area contributed by atoms with Crippen molar-refractivity contribution in [2.45, 2.75) is 33.6 Å². The third-order valence-corrected chi connectivity index (χ3v) is 4.57. The Hall–Kier alpha value is -1.91. The molecule has 120 valence electrons. The minimum Gasteiger partial charge on any atom is -0.481 e. The number of aliphatic carboxylic acids is 1. The standard InChI is InChI=1S/C17H22FNO3/c1-11-7-12(9-14(18)8-11)15(20)19-6-4-5-13(10-19)17(2,3)16(21)22/h7-9,13H,4-6,10H2,1-3H3,(H,21,22). The number of hydrogen-bond acceptors (Lipinski definition) is 2. The van der Waals surface area contributed by atoms with E-state index >= 15 is 0 Å². The number of benzene rings is 1. The molecular weight excluding hydrogens is 285 g/mol. The summed E-state index contributed by atoms with van der Waals surface area (Å²) in [6, 6.07) is 4.28. The number of aryl methyl sites for hydroxylation is 1. The van der Waals surface area contributed by atoms with Crippen LogP contribution in [0.2, 0.25) is 0 Å². The van der Waals surface area contributed by atoms with Crippen molar-refractivity contribution in [3.8, 4) is 0 Å². The van der Waals surface area contributed by atoms with Crippen LogP contribution in [0.15, 0.2) is 18.2 Å². The van der Waals surface area contributed by atoms with E-state index in [1.807, 2.05) is 0 Å². The largest absolute Gasteiger partial charge is 0.481 e. The van der Waals surface area contributed by atoms with E-state index in [4.69, 9.17) is 0 Å². The van der Waals surface area contributed by atoms with Crippen LogP contribution in [0, 0.1) is 24.1 Å². The predicted octanol–water partition coefficient (Wildman–Crippen LogP) is 3.10. The lowest BCUT2D eigenvalue weighted by atomic mass is 9.74. The highest BCUT2D eigenvalue weighted by atomic mass is 19.1. The van der Waals surface area contributed by atoms with Gasteiger partial charge >= 0.3 is 5.97 Å². The first-order valence-electron chi connectivity index (χ1n) is 7.51. The Morgan fingerprint density at radius 2 is 2.00 bits per heavy atom. The number of amides is 1. The van der Waals surface area contributed by atoms with E-state index in [-0.39, 0.29) is 11.8 Å². The van der Waals surface area contributed by atoms with Crippen molar-refractivity contribution >= 4 is 11.9 Å². The first-order valence-corrected chi connectivity index (χ1v) is 7.51. The third-order valence-electron chi connectivity index (χ3n) is 4.57. The number of carboxylic acids is 1. The SMILES string of the molecule is Cc1cc(F)cc(C(=O)N2CCCC(C(C)(C)C(=O)O)C2)c1. The van der Waals surface area contributed by atoms with Crippen LogP contribution < -0.4 is 0 Å². The molecule has 1 aliphatic heterocycles. The molecule has 0 bridgehead atoms. The molecule has 1 N–H and O–H groups in total. The second kappa shape index (κ2) is 6.07. The lowest BCUT2D eigenvalue weighted by Gasteiger charge is -2.39. The van der Waals surface area contributed by atoms with E-state index in [1.54, 1.807) is 31.7 Å². The van der Waals surface area contributed by atoms with Crippen molar-refractivity contribution in [3.63, 3.8) is 0 Å². The summed E-state index contributed by atoms with van der Waals surface area (Å²) < 4.78 is 13.5. The molecule has 2 rings (SSSR count). The molecule has 1 aliphatic rings. The van der Waals surface area contributed by atoms with Crippen LogP contribution in [0.1, 0.15) is 42.6 Å². The van der Waals surface area contributed by atoms with Crippen LogP contribution in [0.3, 0.4) is 0 Å². The van der Waals surface area contributed by atoms with E-state index in [1.165, 1.54) is 12.1 Å². The monoisotopic (exact) mass is 307 g/mol. The van der Waals surface area contributed by atoms with Crippen LogP contribution >= 0.6 is 0 Å². The molecule has 1 atom stereocenters. The van der Waals surface area contributed by atoms with Gasteiger partial charge in [-0.2, -0.15) is 0 Å². The van der Waals surface area contributed by atoms with Gasteiger partial charge < -0.3 is 10.0 Å². The summed E-state index contributed by atoms with van der Waals surface area (Å²) in [6.45, 7) is 6.11. The maximum absolute atomic E-state index is 13.5. The fourth-order valence-electron chi connectivity index (χ4n) is 2.97. The Morgan fingerprint density at radius 3 is 2.59 bits per heavy atom. The summed E-state index contributed by atoms with van der Waals surface area (Å²) in [6.07, 6.45) is 1.55. The zero-order valence-corrected chi connectivity index (χ0v) is 13.2. The zero-order chi connectivity index (χ0) is 16.5. The van der Waals surface area contributed by atoms with Crippen LogP contribution in [-0.4, -0.2) is 35.0 Å². The van der Waals surface area contributed by atoms with Gasteiger partial charge in [-0.15, -0.1) is 0 Å². The highest BCUT2D eigenvalue weighted by Crippen LogP contribution is 2.34. The Balaban J connectivity index is 2.18. The molecule has 1 aromatic rings. The van der Waals surface area contributed by atoms with E-state index in [0.717, 1.165) is 12.8 Å². The maximum atomic E-state index is 13.5. The first-order chi connectivity index (χ1) is 10.2. The Labute approximate surface area is 129 Å². The topological polar surface area (TPSA) is 57.6 Å². The molecular formula is C17H22FNO3. The number of rotatable bonds is 3. The number of carbonyl (C=O) groups is 2. The number of carbonyl (C=O) groups excluding carboxylic acids is 1. The molecule has 4 nitrogen and oxygen atoms in total. The fourth-order valence-corrected chi connectivity index (χ4v) is 2.97. The highest BCUT2D eigenvalue weighted by molar-refractivity contribution is 5.94. The van der Waals surface area contributed by atoms with Crippen LogP contribution in [0.25, 0.3) is 0 Å². The lowest BCUT2D eigenvalue weighted by molar-refractivity contribution is -0.151. The average Bonchev–Trinajstić information content (AvgIpc) is 2.45. The Bertz CT molecular complexity index is 577. The van der Waals surface area contributed by atoms with Crippen molar-refractivity contribution in [2.24, 2.45) is 11.3 Å². The fraction of sp³-hybridized carbons (Fsp3) is 0.529. The van der Waals surface area contributed by atoms with E-state index in [0.29, 0.717) is 24.2 Å². The van der Waals surface area contributed by atoms with Crippen molar-refractivity contribution in [1.82, 2.24) is 4.90 Å². The van der Waals surface area contributed by atoms with Gasteiger partial charge in [0.1, 0.15) is 5.82 Å². The quantitative estimate of drug-likeness (QED) is 0.933. The van der Waals surface area contributed by atoms with Gasteiger partial charge in [-0.3, -0.25) is 9.59 Å². The van der Waals surface area contributed by atoms with Crippen molar-refractivity contribution < 1.29 is 19.1 Å². The van der Waals surface area contributed by atoms with Crippen molar-refractivity contribution in [1.29, 1.82) is 0 Å². The lowest BCUT2D eigenvalue weighted by Crippen LogP contribution is -2.46. The minimum atomic E-state index is -0.878. The summed E-state index contributed by atoms with van der Waals surface area (Å²) in [4.78, 5) is 25.6. The first kappa shape index (κ1) is 16.5.